The summed E-state index contributed by atoms with van der Waals surface area (Å²) >= 11 is 7.11. The Hall–Kier alpha value is -1.28. The van der Waals surface area contributed by atoms with Crippen LogP contribution in [0.5, 0.6) is 11.5 Å². The van der Waals surface area contributed by atoms with Crippen LogP contribution < -0.4 is 9.47 Å². The first-order chi connectivity index (χ1) is 23.6. The summed E-state index contributed by atoms with van der Waals surface area (Å²) < 4.78 is 44.1. The van der Waals surface area contributed by atoms with Crippen molar-refractivity contribution < 1.29 is 33.2 Å². The number of fused-ring (bicyclic) bond motifs is 2. The van der Waals surface area contributed by atoms with Crippen molar-refractivity contribution in [2.45, 2.75) is 66.7 Å². The Bertz CT molecular complexity index is 1160. The fourth-order valence-corrected chi connectivity index (χ4v) is 6.54. The van der Waals surface area contributed by atoms with Gasteiger partial charge in [-0.15, -0.1) is 0 Å². The Morgan fingerprint density at radius 2 is 0.816 bits per heavy atom. The highest BCUT2D eigenvalue weighted by Crippen LogP contribution is 2.30. The first-order valence-electron chi connectivity index (χ1n) is 17.8. The monoisotopic (exact) mass is 812 g/mol. The molecule has 0 fully saturated rings. The van der Waals surface area contributed by atoms with Crippen LogP contribution in [0.4, 0.5) is 0 Å². The second-order valence-corrected chi connectivity index (χ2v) is 16.2. The van der Waals surface area contributed by atoms with Crippen LogP contribution in [0.1, 0.15) is 52.7 Å². The summed E-state index contributed by atoms with van der Waals surface area (Å²) in [7, 11) is 0. The first-order valence-corrected chi connectivity index (χ1v) is 19.3. The van der Waals surface area contributed by atoms with Gasteiger partial charge in [-0.05, 0) is 50.2 Å². The van der Waals surface area contributed by atoms with Gasteiger partial charge in [-0.1, -0.05) is 59.6 Å². The van der Waals surface area contributed by atoms with Gasteiger partial charge in [0.2, 0.25) is 0 Å². The van der Waals surface area contributed by atoms with Crippen molar-refractivity contribution in [3.05, 3.63) is 56.5 Å². The summed E-state index contributed by atoms with van der Waals surface area (Å²) in [5, 5.41) is 0. The normalized spacial score (nSPS) is 18.8. The highest BCUT2D eigenvalue weighted by Gasteiger charge is 2.24. The third-order valence-corrected chi connectivity index (χ3v) is 9.73. The minimum absolute atomic E-state index is 0.269. The van der Waals surface area contributed by atoms with Crippen molar-refractivity contribution in [1.29, 1.82) is 0 Å². The Balaban J connectivity index is 0.952. The van der Waals surface area contributed by atoms with Gasteiger partial charge in [0.05, 0.1) is 66.1 Å². The Labute approximate surface area is 311 Å². The van der Waals surface area contributed by atoms with Gasteiger partial charge in [-0.2, -0.15) is 0 Å². The fraction of sp³-hybridized carbons (Fsp3) is 0.684. The summed E-state index contributed by atoms with van der Waals surface area (Å²) in [6.45, 7) is 22.7. The van der Waals surface area contributed by atoms with Crippen LogP contribution in [0.2, 0.25) is 0 Å². The van der Waals surface area contributed by atoms with Gasteiger partial charge in [-0.3, -0.25) is 9.80 Å². The molecule has 2 aromatic rings. The summed E-state index contributed by atoms with van der Waals surface area (Å²) in [4.78, 5) is 4.60. The fourth-order valence-electron chi connectivity index (χ4n) is 5.72. The summed E-state index contributed by atoms with van der Waals surface area (Å²) in [6, 6.07) is 12.9. The molecular weight excluding hydrogens is 756 g/mol. The molecule has 2 heterocycles. The second kappa shape index (κ2) is 21.3. The molecule has 0 spiro atoms. The predicted molar refractivity (Wildman–Crippen MR) is 200 cm³/mol. The molecule has 0 saturated heterocycles. The Morgan fingerprint density at radius 3 is 1.14 bits per heavy atom. The molecule has 2 aliphatic rings. The molecule has 2 aromatic carbocycles. The minimum atomic E-state index is 0.269. The molecule has 2 aliphatic heterocycles. The minimum Gasteiger partial charge on any atom is -0.478 e. The lowest BCUT2D eigenvalue weighted by atomic mass is 10.1. The molecule has 0 N–H and O–H groups in total. The van der Waals surface area contributed by atoms with E-state index in [1.54, 1.807) is 0 Å². The summed E-state index contributed by atoms with van der Waals surface area (Å²) in [5.74, 6) is 3.25. The largest absolute Gasteiger partial charge is 0.478 e. The van der Waals surface area contributed by atoms with Gasteiger partial charge < -0.3 is 33.2 Å². The Morgan fingerprint density at radius 1 is 0.510 bits per heavy atom. The molecule has 9 nitrogen and oxygen atoms in total. The van der Waals surface area contributed by atoms with E-state index in [2.05, 4.69) is 95.3 Å². The van der Waals surface area contributed by atoms with Gasteiger partial charge in [0, 0.05) is 68.9 Å². The average molecular weight is 815 g/mol. The van der Waals surface area contributed by atoms with Crippen LogP contribution in [-0.2, 0) is 36.8 Å². The number of rotatable bonds is 22. The number of halogens is 2. The average Bonchev–Trinajstić information content (AvgIpc) is 3.07. The topological polar surface area (TPSA) is 71.1 Å². The first kappa shape index (κ1) is 40.5. The van der Waals surface area contributed by atoms with Gasteiger partial charge in [-0.25, -0.2) is 0 Å². The van der Waals surface area contributed by atoms with Crippen molar-refractivity contribution in [3.8, 4) is 11.5 Å². The molecule has 276 valence electrons. The van der Waals surface area contributed by atoms with Crippen molar-refractivity contribution in [3.63, 3.8) is 0 Å². The molecule has 0 aliphatic carbocycles. The van der Waals surface area contributed by atoms with Crippen LogP contribution in [0.25, 0.3) is 0 Å². The number of hydrogen-bond donors (Lipinski definition) is 0. The lowest BCUT2D eigenvalue weighted by Crippen LogP contribution is -2.41. The molecule has 0 bridgehead atoms. The zero-order chi connectivity index (χ0) is 35.2. The van der Waals surface area contributed by atoms with Crippen LogP contribution in [0.15, 0.2) is 45.3 Å². The molecule has 0 amide bonds. The maximum Gasteiger partial charge on any atom is 0.142 e. The van der Waals surface area contributed by atoms with E-state index >= 15 is 0 Å². The van der Waals surface area contributed by atoms with Gasteiger partial charge in [0.25, 0.3) is 0 Å². The summed E-state index contributed by atoms with van der Waals surface area (Å²) in [6.07, 6.45) is 0. The smallest absolute Gasteiger partial charge is 0.142 e. The molecule has 6 atom stereocenters. The van der Waals surface area contributed by atoms with E-state index in [9.17, 15) is 0 Å². The van der Waals surface area contributed by atoms with Crippen molar-refractivity contribution in [2.24, 2.45) is 23.7 Å². The number of benzene rings is 2. The zero-order valence-corrected chi connectivity index (χ0v) is 33.5. The predicted octanol–water partition coefficient (Wildman–Crippen LogP) is 7.62. The van der Waals surface area contributed by atoms with Gasteiger partial charge >= 0.3 is 0 Å². The van der Waals surface area contributed by atoms with Gasteiger partial charge in [0.1, 0.15) is 25.0 Å². The SMILES string of the molecule is CC(COCC(C)COCC(C)COCC(C)N1COc2ccc(Br)cc2C1)COCC(C)COCC(C)N1COc2ccc(Br)cc2C1. The van der Waals surface area contributed by atoms with E-state index in [4.69, 9.17) is 33.2 Å². The van der Waals surface area contributed by atoms with E-state index in [-0.39, 0.29) is 12.1 Å². The second-order valence-electron chi connectivity index (χ2n) is 14.4. The van der Waals surface area contributed by atoms with Crippen LogP contribution >= 0.6 is 31.9 Å². The lowest BCUT2D eigenvalue weighted by Gasteiger charge is -2.33. The maximum atomic E-state index is 6.04. The molecule has 0 aromatic heterocycles. The van der Waals surface area contributed by atoms with Gasteiger partial charge in [0.15, 0.2) is 0 Å². The van der Waals surface area contributed by atoms with Crippen LogP contribution in [0.3, 0.4) is 0 Å². The molecule has 0 saturated carbocycles. The highest BCUT2D eigenvalue weighted by atomic mass is 79.9. The maximum absolute atomic E-state index is 6.04. The lowest BCUT2D eigenvalue weighted by molar-refractivity contribution is -0.0209. The number of hydrogen-bond acceptors (Lipinski definition) is 9. The van der Waals surface area contributed by atoms with Crippen molar-refractivity contribution >= 4 is 31.9 Å². The molecule has 11 heteroatoms. The van der Waals surface area contributed by atoms with Crippen LogP contribution in [-0.4, -0.2) is 101 Å². The van der Waals surface area contributed by atoms with E-state index in [1.165, 1.54) is 11.1 Å². The Kier molecular flexibility index (Phi) is 17.6. The van der Waals surface area contributed by atoms with E-state index in [1.807, 2.05) is 24.3 Å². The number of ether oxygens (including phenoxy) is 7. The van der Waals surface area contributed by atoms with E-state index < -0.39 is 0 Å². The molecular formula is C38H58Br2N2O7. The third-order valence-electron chi connectivity index (χ3n) is 8.75. The number of nitrogens with zero attached hydrogens (tertiary/aromatic N) is 2. The van der Waals surface area contributed by atoms with Crippen molar-refractivity contribution in [2.75, 3.05) is 79.5 Å². The summed E-state index contributed by atoms with van der Waals surface area (Å²) in [5.41, 5.74) is 2.40. The molecule has 6 unspecified atom stereocenters. The molecule has 4 rings (SSSR count). The van der Waals surface area contributed by atoms with Crippen LogP contribution in [0, 0.1) is 23.7 Å². The molecule has 49 heavy (non-hydrogen) atoms. The zero-order valence-electron chi connectivity index (χ0n) is 30.3. The standard InChI is InChI=1S/C38H58Br2N2O7/c1-27(17-44-19-29(3)21-46-23-31(5)41-13-33-11-35(39)7-9-37(33)48-25-41)15-43-16-28(2)18-45-20-30(4)22-47-24-32(6)42-14-34-12-36(40)8-10-38(34)49-26-42/h7-12,27-32H,13-26H2,1-6H3. The van der Waals surface area contributed by atoms with E-state index in [0.29, 0.717) is 103 Å². The quantitative estimate of drug-likeness (QED) is 0.120. The highest BCUT2D eigenvalue weighted by molar-refractivity contribution is 9.10. The van der Waals surface area contributed by atoms with E-state index in [0.717, 1.165) is 33.5 Å². The van der Waals surface area contributed by atoms with Crippen molar-refractivity contribution in [1.82, 2.24) is 9.80 Å². The third kappa shape index (κ3) is 14.3. The molecule has 0 radical (unpaired) electrons.